The van der Waals surface area contributed by atoms with Crippen molar-refractivity contribution in [1.29, 1.82) is 0 Å². The largest absolute Gasteiger partial charge is 0.478 e. The van der Waals surface area contributed by atoms with Crippen molar-refractivity contribution in [3.63, 3.8) is 0 Å². The summed E-state index contributed by atoms with van der Waals surface area (Å²) in [5, 5.41) is 9.13. The molecule has 142 valence electrons. The highest BCUT2D eigenvalue weighted by molar-refractivity contribution is 5.88. The molecule has 1 aliphatic rings. The Kier molecular flexibility index (Phi) is 5.21. The minimum atomic E-state index is -1.02. The average molecular weight is 368 g/mol. The van der Waals surface area contributed by atoms with E-state index in [1.807, 2.05) is 25.7 Å². The van der Waals surface area contributed by atoms with Gasteiger partial charge in [-0.05, 0) is 18.9 Å². The molecule has 1 N–H and O–H groups in total. The molecule has 0 spiro atoms. The van der Waals surface area contributed by atoms with E-state index in [4.69, 9.17) is 5.11 Å². The molecule has 0 saturated carbocycles. The number of carboxylic acid groups (broad SMARTS) is 1. The van der Waals surface area contributed by atoms with E-state index in [0.29, 0.717) is 24.3 Å². The van der Waals surface area contributed by atoms with Crippen molar-refractivity contribution in [3.05, 3.63) is 42.1 Å². The molecule has 2 aromatic heterocycles. The van der Waals surface area contributed by atoms with E-state index in [2.05, 4.69) is 15.0 Å². The summed E-state index contributed by atoms with van der Waals surface area (Å²) in [7, 11) is 0. The minimum Gasteiger partial charge on any atom is -0.478 e. The molecular formula is C20H24N4O3. The van der Waals surface area contributed by atoms with Crippen LogP contribution in [0.1, 0.15) is 55.6 Å². The number of piperidine rings is 1. The number of aromatic nitrogens is 3. The van der Waals surface area contributed by atoms with E-state index >= 15 is 0 Å². The summed E-state index contributed by atoms with van der Waals surface area (Å²) in [5.74, 6) is -0.612. The van der Waals surface area contributed by atoms with Gasteiger partial charge in [0, 0.05) is 48.6 Å². The zero-order chi connectivity index (χ0) is 19.6. The first-order valence-corrected chi connectivity index (χ1v) is 9.06. The van der Waals surface area contributed by atoms with Gasteiger partial charge in [-0.1, -0.05) is 20.8 Å². The molecule has 2 aromatic rings. The molecule has 1 fully saturated rings. The Morgan fingerprint density at radius 3 is 2.37 bits per heavy atom. The highest BCUT2D eigenvalue weighted by atomic mass is 16.4. The van der Waals surface area contributed by atoms with Gasteiger partial charge >= 0.3 is 5.97 Å². The van der Waals surface area contributed by atoms with Crippen LogP contribution in [0.3, 0.4) is 0 Å². The fourth-order valence-electron chi connectivity index (χ4n) is 3.27. The quantitative estimate of drug-likeness (QED) is 0.895. The number of hydrogen-bond donors (Lipinski definition) is 1. The van der Waals surface area contributed by atoms with Gasteiger partial charge in [-0.15, -0.1) is 0 Å². The number of pyridine rings is 1. The number of carbonyl (C=O) groups excluding carboxylic acids is 1. The molecule has 0 bridgehead atoms. The summed E-state index contributed by atoms with van der Waals surface area (Å²) in [6, 6.07) is 1.55. The van der Waals surface area contributed by atoms with Crippen LogP contribution >= 0.6 is 0 Å². The molecule has 1 aliphatic heterocycles. The standard InChI is InChI=1S/C20H24N4O3/c1-20(2,3)19(27)24-6-4-13(5-7-24)16-11-22-12-17(23-16)14-8-15(18(25)26)10-21-9-14/h8-13H,4-7H2,1-3H3,(H,25,26). The van der Waals surface area contributed by atoms with Gasteiger partial charge in [0.1, 0.15) is 0 Å². The molecule has 7 nitrogen and oxygen atoms in total. The number of rotatable bonds is 3. The smallest absolute Gasteiger partial charge is 0.337 e. The fourth-order valence-corrected chi connectivity index (χ4v) is 3.27. The van der Waals surface area contributed by atoms with Crippen molar-refractivity contribution in [2.24, 2.45) is 5.41 Å². The van der Waals surface area contributed by atoms with Gasteiger partial charge in [-0.2, -0.15) is 0 Å². The lowest BCUT2D eigenvalue weighted by Crippen LogP contribution is -2.43. The molecule has 0 radical (unpaired) electrons. The van der Waals surface area contributed by atoms with Gasteiger partial charge < -0.3 is 10.0 Å². The highest BCUT2D eigenvalue weighted by Crippen LogP contribution is 2.30. The number of aromatic carboxylic acids is 1. The lowest BCUT2D eigenvalue weighted by Gasteiger charge is -2.35. The predicted molar refractivity (Wildman–Crippen MR) is 100 cm³/mol. The lowest BCUT2D eigenvalue weighted by atomic mass is 9.90. The second-order valence-electron chi connectivity index (χ2n) is 7.91. The number of carbonyl (C=O) groups is 2. The molecule has 1 amide bonds. The van der Waals surface area contributed by atoms with Crippen LogP contribution in [0.15, 0.2) is 30.9 Å². The third kappa shape index (κ3) is 4.30. The van der Waals surface area contributed by atoms with Gasteiger partial charge in [0.2, 0.25) is 5.91 Å². The molecule has 3 rings (SSSR count). The zero-order valence-corrected chi connectivity index (χ0v) is 15.8. The normalized spacial score (nSPS) is 15.6. The lowest BCUT2D eigenvalue weighted by molar-refractivity contribution is -0.140. The summed E-state index contributed by atoms with van der Waals surface area (Å²) in [5.41, 5.74) is 1.86. The summed E-state index contributed by atoms with van der Waals surface area (Å²) in [6.07, 6.45) is 7.95. The number of hydrogen-bond acceptors (Lipinski definition) is 5. The van der Waals surface area contributed by atoms with Crippen LogP contribution < -0.4 is 0 Å². The van der Waals surface area contributed by atoms with Gasteiger partial charge in [0.25, 0.3) is 0 Å². The Labute approximate surface area is 158 Å². The Bertz CT molecular complexity index is 852. The van der Waals surface area contributed by atoms with E-state index in [-0.39, 0.29) is 22.8 Å². The van der Waals surface area contributed by atoms with Crippen LogP contribution in [0.25, 0.3) is 11.3 Å². The van der Waals surface area contributed by atoms with Gasteiger partial charge in [-0.3, -0.25) is 14.8 Å². The minimum absolute atomic E-state index is 0.119. The molecule has 7 heteroatoms. The molecule has 27 heavy (non-hydrogen) atoms. The monoisotopic (exact) mass is 368 g/mol. The molecule has 0 aliphatic carbocycles. The van der Waals surface area contributed by atoms with Crippen molar-refractivity contribution < 1.29 is 14.7 Å². The van der Waals surface area contributed by atoms with E-state index < -0.39 is 5.97 Å². The van der Waals surface area contributed by atoms with Crippen LogP contribution in [0.4, 0.5) is 0 Å². The Balaban J connectivity index is 1.75. The van der Waals surface area contributed by atoms with Crippen LogP contribution in [0.5, 0.6) is 0 Å². The van der Waals surface area contributed by atoms with Crippen molar-refractivity contribution in [2.75, 3.05) is 13.1 Å². The van der Waals surface area contributed by atoms with E-state index in [0.717, 1.165) is 18.5 Å². The Hall–Kier alpha value is -2.83. The first-order chi connectivity index (χ1) is 12.8. The average Bonchev–Trinajstić information content (AvgIpc) is 2.67. The summed E-state index contributed by atoms with van der Waals surface area (Å²) in [6.45, 7) is 7.24. The van der Waals surface area contributed by atoms with Gasteiger partial charge in [0.05, 0.1) is 23.1 Å². The number of amides is 1. The van der Waals surface area contributed by atoms with Gasteiger partial charge in [0.15, 0.2) is 0 Å². The van der Waals surface area contributed by atoms with E-state index in [1.165, 1.54) is 6.20 Å². The third-order valence-electron chi connectivity index (χ3n) is 4.78. The second kappa shape index (κ2) is 7.42. The van der Waals surface area contributed by atoms with Crippen molar-refractivity contribution >= 4 is 11.9 Å². The van der Waals surface area contributed by atoms with E-state index in [1.54, 1.807) is 24.7 Å². The maximum absolute atomic E-state index is 12.4. The molecule has 0 atom stereocenters. The first-order valence-electron chi connectivity index (χ1n) is 9.06. The molecule has 0 unspecified atom stereocenters. The van der Waals surface area contributed by atoms with Crippen LogP contribution in [-0.4, -0.2) is 49.9 Å². The first kappa shape index (κ1) is 18.9. The summed E-state index contributed by atoms with van der Waals surface area (Å²) >= 11 is 0. The molecule has 0 aromatic carbocycles. The molecule has 3 heterocycles. The van der Waals surface area contributed by atoms with Crippen LogP contribution in [0, 0.1) is 5.41 Å². The van der Waals surface area contributed by atoms with Crippen LogP contribution in [0.2, 0.25) is 0 Å². The zero-order valence-electron chi connectivity index (χ0n) is 15.8. The van der Waals surface area contributed by atoms with Crippen molar-refractivity contribution in [3.8, 4) is 11.3 Å². The van der Waals surface area contributed by atoms with E-state index in [9.17, 15) is 9.59 Å². The Morgan fingerprint density at radius 2 is 1.74 bits per heavy atom. The third-order valence-corrected chi connectivity index (χ3v) is 4.78. The number of likely N-dealkylation sites (tertiary alicyclic amines) is 1. The molecular weight excluding hydrogens is 344 g/mol. The maximum Gasteiger partial charge on any atom is 0.337 e. The summed E-state index contributed by atoms with van der Waals surface area (Å²) < 4.78 is 0. The molecule has 1 saturated heterocycles. The van der Waals surface area contributed by atoms with Crippen molar-refractivity contribution in [2.45, 2.75) is 39.5 Å². The SMILES string of the molecule is CC(C)(C)C(=O)N1CCC(c2cncc(-c3cncc(C(=O)O)c3)n2)CC1. The maximum atomic E-state index is 12.4. The predicted octanol–water partition coefficient (Wildman–Crippen LogP) is 2.99. The van der Waals surface area contributed by atoms with Crippen molar-refractivity contribution in [1.82, 2.24) is 19.9 Å². The van der Waals surface area contributed by atoms with Gasteiger partial charge in [-0.25, -0.2) is 9.78 Å². The second-order valence-corrected chi connectivity index (χ2v) is 7.91. The number of carboxylic acids is 1. The number of nitrogens with zero attached hydrogens (tertiary/aromatic N) is 4. The van der Waals surface area contributed by atoms with Crippen LogP contribution in [-0.2, 0) is 4.79 Å². The fraction of sp³-hybridized carbons (Fsp3) is 0.450. The summed E-state index contributed by atoms with van der Waals surface area (Å²) in [4.78, 5) is 38.5. The topological polar surface area (TPSA) is 96.3 Å². The Morgan fingerprint density at radius 1 is 1.07 bits per heavy atom. The highest BCUT2D eigenvalue weighted by Gasteiger charge is 2.31.